The van der Waals surface area contributed by atoms with E-state index < -0.39 is 0 Å². The highest BCUT2D eigenvalue weighted by Crippen LogP contribution is 2.06. The summed E-state index contributed by atoms with van der Waals surface area (Å²) >= 11 is 0. The van der Waals surface area contributed by atoms with Gasteiger partial charge in [-0.05, 0) is 74.4 Å². The molecule has 0 bridgehead atoms. The van der Waals surface area contributed by atoms with Crippen molar-refractivity contribution >= 4 is 23.1 Å². The van der Waals surface area contributed by atoms with Crippen molar-refractivity contribution in [2.45, 2.75) is 89.9 Å². The van der Waals surface area contributed by atoms with Crippen molar-refractivity contribution < 1.29 is 19.2 Å². The van der Waals surface area contributed by atoms with E-state index in [4.69, 9.17) is 12.8 Å². The minimum absolute atomic E-state index is 0.110. The third kappa shape index (κ3) is 21.6. The van der Waals surface area contributed by atoms with Crippen molar-refractivity contribution in [2.75, 3.05) is 0 Å². The summed E-state index contributed by atoms with van der Waals surface area (Å²) in [6.45, 7) is 0. The molecule has 0 aromatic carbocycles. The molecule has 0 aliphatic carbocycles. The van der Waals surface area contributed by atoms with E-state index in [2.05, 4.69) is 23.7 Å². The number of hydrogen-bond acceptors (Lipinski definition) is 4. The number of terminal acetylenes is 2. The monoisotopic (exact) mass is 458 g/mol. The smallest absolute Gasteiger partial charge is 0.228 e. The SMILES string of the molecule is C#CC(=O)/C=C/CCCCCCC#CC(=O)CCC(=O)C#CCCCCCC/C=C/C(=O)C#C. The number of allylic oxidation sites excluding steroid dienone is 4. The topological polar surface area (TPSA) is 68.3 Å². The van der Waals surface area contributed by atoms with Crippen molar-refractivity contribution in [3.63, 3.8) is 0 Å². The number of unbranched alkanes of at least 4 members (excludes halogenated alkanes) is 10. The highest BCUT2D eigenvalue weighted by molar-refractivity contribution is 6.04. The normalized spacial score (nSPS) is 9.94. The van der Waals surface area contributed by atoms with Crippen LogP contribution in [0.2, 0.25) is 0 Å². The van der Waals surface area contributed by atoms with E-state index in [1.165, 1.54) is 12.2 Å². The van der Waals surface area contributed by atoms with Gasteiger partial charge in [0.05, 0.1) is 0 Å². The molecule has 0 saturated heterocycles. The Bertz CT molecular complexity index is 849. The summed E-state index contributed by atoms with van der Waals surface area (Å²) in [6.07, 6.45) is 27.4. The number of carbonyl (C=O) groups excluding carboxylic acids is 4. The third-order valence-corrected chi connectivity index (χ3v) is 4.70. The van der Waals surface area contributed by atoms with E-state index in [1.807, 2.05) is 11.8 Å². The van der Waals surface area contributed by atoms with Crippen LogP contribution in [0.1, 0.15) is 89.9 Å². The Morgan fingerprint density at radius 1 is 0.559 bits per heavy atom. The molecule has 0 saturated carbocycles. The van der Waals surface area contributed by atoms with Crippen molar-refractivity contribution in [3.8, 4) is 48.4 Å². The Morgan fingerprint density at radius 2 is 0.941 bits per heavy atom. The van der Waals surface area contributed by atoms with Gasteiger partial charge >= 0.3 is 0 Å². The molecule has 0 atom stereocenters. The number of carbonyl (C=O) groups is 4. The highest BCUT2D eigenvalue weighted by Gasteiger charge is 2.02. The minimum Gasteiger partial charge on any atom is -0.285 e. The number of ketones is 4. The first-order valence-corrected chi connectivity index (χ1v) is 11.9. The molecule has 0 rings (SSSR count). The van der Waals surface area contributed by atoms with E-state index in [0.717, 1.165) is 64.2 Å². The summed E-state index contributed by atoms with van der Waals surface area (Å²) in [5.41, 5.74) is 0. The summed E-state index contributed by atoms with van der Waals surface area (Å²) < 4.78 is 0. The average Bonchev–Trinajstić information content (AvgIpc) is 2.84. The van der Waals surface area contributed by atoms with Crippen LogP contribution in [-0.4, -0.2) is 23.1 Å². The summed E-state index contributed by atoms with van der Waals surface area (Å²) in [6, 6.07) is 0. The lowest BCUT2D eigenvalue weighted by Gasteiger charge is -1.96. The molecule has 0 amide bonds. The fraction of sp³-hybridized carbons (Fsp3) is 0.467. The minimum atomic E-state index is -0.307. The van der Waals surface area contributed by atoms with Gasteiger partial charge in [0.15, 0.2) is 0 Å². The van der Waals surface area contributed by atoms with Gasteiger partial charge in [-0.3, -0.25) is 19.2 Å². The standard InChI is InChI=1S/C30H34O4/c1-3-27(31)21-17-13-9-5-7-11-15-19-23-29(33)25-26-30(34)24-20-16-12-8-6-10-14-18-22-28(32)4-2/h1-2,17-18,21-22H,5-16,25-26H2/b21-17+,22-18+. The first kappa shape index (κ1) is 30.4. The molecule has 178 valence electrons. The van der Waals surface area contributed by atoms with E-state index in [-0.39, 0.29) is 36.0 Å². The van der Waals surface area contributed by atoms with Crippen LogP contribution in [0.5, 0.6) is 0 Å². The van der Waals surface area contributed by atoms with Crippen LogP contribution in [0.4, 0.5) is 0 Å². The van der Waals surface area contributed by atoms with Crippen LogP contribution < -0.4 is 0 Å². The van der Waals surface area contributed by atoms with Crippen LogP contribution in [0, 0.1) is 48.4 Å². The second-order valence-electron chi connectivity index (χ2n) is 7.68. The fourth-order valence-corrected chi connectivity index (χ4v) is 2.81. The van der Waals surface area contributed by atoms with Gasteiger partial charge in [0.25, 0.3) is 0 Å². The molecule has 0 heterocycles. The molecule has 0 radical (unpaired) electrons. The second-order valence-corrected chi connectivity index (χ2v) is 7.68. The number of hydrogen-bond donors (Lipinski definition) is 0. The summed E-state index contributed by atoms with van der Waals surface area (Å²) in [5.74, 6) is 13.9. The molecule has 4 nitrogen and oxygen atoms in total. The van der Waals surface area contributed by atoms with E-state index in [9.17, 15) is 19.2 Å². The maximum Gasteiger partial charge on any atom is 0.228 e. The quantitative estimate of drug-likeness (QED) is 0.131. The molecule has 34 heavy (non-hydrogen) atoms. The molecule has 0 aliphatic rings. The van der Waals surface area contributed by atoms with Crippen LogP contribution in [0.3, 0.4) is 0 Å². The first-order valence-electron chi connectivity index (χ1n) is 11.9. The van der Waals surface area contributed by atoms with Crippen LogP contribution >= 0.6 is 0 Å². The van der Waals surface area contributed by atoms with Gasteiger partial charge in [-0.2, -0.15) is 0 Å². The van der Waals surface area contributed by atoms with Crippen molar-refractivity contribution in [2.24, 2.45) is 0 Å². The second kappa shape index (κ2) is 22.6. The van der Waals surface area contributed by atoms with E-state index in [1.54, 1.807) is 12.2 Å². The van der Waals surface area contributed by atoms with Crippen molar-refractivity contribution in [1.82, 2.24) is 0 Å². The molecule has 0 N–H and O–H groups in total. The number of Topliss-reactive ketones (excluding diaryl/α,β-unsaturated/α-hetero) is 2. The molecule has 0 spiro atoms. The van der Waals surface area contributed by atoms with Gasteiger partial charge in [0, 0.05) is 25.7 Å². The van der Waals surface area contributed by atoms with E-state index in [0.29, 0.717) is 12.8 Å². The van der Waals surface area contributed by atoms with Gasteiger partial charge in [-0.25, -0.2) is 0 Å². The van der Waals surface area contributed by atoms with Crippen molar-refractivity contribution in [1.29, 1.82) is 0 Å². The van der Waals surface area contributed by atoms with Crippen LogP contribution in [0.15, 0.2) is 24.3 Å². The van der Waals surface area contributed by atoms with Gasteiger partial charge in [0.2, 0.25) is 23.1 Å². The largest absolute Gasteiger partial charge is 0.285 e. The lowest BCUT2D eigenvalue weighted by molar-refractivity contribution is -0.118. The maximum atomic E-state index is 11.8. The summed E-state index contributed by atoms with van der Waals surface area (Å²) in [4.78, 5) is 45.3. The first-order chi connectivity index (χ1) is 16.5. The molecule has 0 unspecified atom stereocenters. The number of rotatable bonds is 17. The van der Waals surface area contributed by atoms with Gasteiger partial charge in [-0.15, -0.1) is 12.8 Å². The van der Waals surface area contributed by atoms with Gasteiger partial charge in [0.1, 0.15) is 0 Å². The Balaban J connectivity index is 3.71. The fourth-order valence-electron chi connectivity index (χ4n) is 2.81. The summed E-state index contributed by atoms with van der Waals surface area (Å²) in [7, 11) is 0. The lowest BCUT2D eigenvalue weighted by atomic mass is 10.1. The molecule has 0 fully saturated rings. The van der Waals surface area contributed by atoms with Crippen LogP contribution in [-0.2, 0) is 19.2 Å². The molecule has 0 aromatic rings. The predicted octanol–water partition coefficient (Wildman–Crippen LogP) is 5.11. The van der Waals surface area contributed by atoms with Gasteiger partial charge < -0.3 is 0 Å². The lowest BCUT2D eigenvalue weighted by Crippen LogP contribution is -2.00. The predicted molar refractivity (Wildman–Crippen MR) is 136 cm³/mol. The van der Waals surface area contributed by atoms with Crippen molar-refractivity contribution in [3.05, 3.63) is 24.3 Å². The molecular weight excluding hydrogens is 424 g/mol. The molecular formula is C30H34O4. The maximum absolute atomic E-state index is 11.8. The Morgan fingerprint density at radius 3 is 1.32 bits per heavy atom. The average molecular weight is 459 g/mol. The Kier molecular flexibility index (Phi) is 20.2. The third-order valence-electron chi connectivity index (χ3n) is 4.70. The van der Waals surface area contributed by atoms with E-state index >= 15 is 0 Å². The van der Waals surface area contributed by atoms with Gasteiger partial charge in [-0.1, -0.05) is 49.7 Å². The Labute approximate surface area is 205 Å². The zero-order valence-corrected chi connectivity index (χ0v) is 20.0. The van der Waals surface area contributed by atoms with Crippen LogP contribution in [0.25, 0.3) is 0 Å². The highest BCUT2D eigenvalue weighted by atomic mass is 16.1. The molecule has 0 aromatic heterocycles. The summed E-state index contributed by atoms with van der Waals surface area (Å²) in [5, 5.41) is 0. The molecule has 4 heteroatoms. The zero-order valence-electron chi connectivity index (χ0n) is 20.0. The molecule has 0 aliphatic heterocycles. The zero-order chi connectivity index (χ0) is 25.3. The Hall–Kier alpha value is -3.60.